The third-order valence-corrected chi connectivity index (χ3v) is 2.89. The van der Waals surface area contributed by atoms with E-state index in [4.69, 9.17) is 15.2 Å². The Bertz CT molecular complexity index is 214. The molecule has 2 N–H and O–H groups in total. The average molecular weight is 171 g/mol. The lowest BCUT2D eigenvalue weighted by Crippen LogP contribution is -2.39. The van der Waals surface area contributed by atoms with Crippen LogP contribution >= 0.6 is 0 Å². The van der Waals surface area contributed by atoms with Crippen LogP contribution in [0.25, 0.3) is 0 Å². The quantitative estimate of drug-likeness (QED) is 0.548. The van der Waals surface area contributed by atoms with E-state index in [0.29, 0.717) is 13.0 Å². The summed E-state index contributed by atoms with van der Waals surface area (Å²) >= 11 is 0. The fourth-order valence-electron chi connectivity index (χ4n) is 2.21. The summed E-state index contributed by atoms with van der Waals surface area (Å²) in [5.74, 6) is -0.169. The number of ether oxygens (including phenoxy) is 2. The fraction of sp³-hybridized carbons (Fsp3) is 0.875. The van der Waals surface area contributed by atoms with Gasteiger partial charge in [0.2, 0.25) is 0 Å². The Kier molecular flexibility index (Phi) is 1.63. The molecule has 2 rings (SSSR count). The molecule has 2 fully saturated rings. The topological polar surface area (TPSA) is 61.5 Å². The summed E-state index contributed by atoms with van der Waals surface area (Å²) in [5, 5.41) is 0. The number of carbonyl (C=O) groups is 1. The normalized spacial score (nSPS) is 44.8. The number of esters is 1. The summed E-state index contributed by atoms with van der Waals surface area (Å²) in [7, 11) is 1.41. The highest BCUT2D eigenvalue weighted by Crippen LogP contribution is 2.46. The first-order valence-corrected chi connectivity index (χ1v) is 4.13. The van der Waals surface area contributed by atoms with E-state index < -0.39 is 5.41 Å². The van der Waals surface area contributed by atoms with Crippen molar-refractivity contribution < 1.29 is 14.3 Å². The predicted octanol–water partition coefficient (Wildman–Crippen LogP) is -0.334. The van der Waals surface area contributed by atoms with Crippen molar-refractivity contribution in [2.45, 2.75) is 25.0 Å². The van der Waals surface area contributed by atoms with Crippen LogP contribution in [-0.2, 0) is 14.3 Å². The van der Waals surface area contributed by atoms with E-state index >= 15 is 0 Å². The summed E-state index contributed by atoms with van der Waals surface area (Å²) < 4.78 is 10.1. The number of fused-ring (bicyclic) bond motifs is 2. The van der Waals surface area contributed by atoms with Gasteiger partial charge in [-0.3, -0.25) is 4.79 Å². The van der Waals surface area contributed by atoms with E-state index in [2.05, 4.69) is 0 Å². The number of carbonyl (C=O) groups excluding carboxylic acids is 1. The highest BCUT2D eigenvalue weighted by Gasteiger charge is 2.56. The third kappa shape index (κ3) is 0.881. The minimum absolute atomic E-state index is 0.0119. The van der Waals surface area contributed by atoms with Crippen LogP contribution in [0.15, 0.2) is 0 Å². The predicted molar refractivity (Wildman–Crippen MR) is 41.4 cm³/mol. The smallest absolute Gasteiger partial charge is 0.314 e. The largest absolute Gasteiger partial charge is 0.469 e. The Morgan fingerprint density at radius 3 is 2.83 bits per heavy atom. The summed E-state index contributed by atoms with van der Waals surface area (Å²) in [4.78, 5) is 11.4. The standard InChI is InChI=1S/C8H13NO3/c1-11-7(10)8-2-5(9)6(3-8)12-4-8/h5-6H,2-4,9H2,1H3. The SMILES string of the molecule is COC(=O)C12COC(C1)C(N)C2. The molecule has 3 unspecified atom stereocenters. The van der Waals surface area contributed by atoms with E-state index in [1.165, 1.54) is 7.11 Å². The van der Waals surface area contributed by atoms with Gasteiger partial charge in [-0.25, -0.2) is 0 Å². The molecule has 0 aromatic rings. The molecular formula is C8H13NO3. The van der Waals surface area contributed by atoms with E-state index in [1.807, 2.05) is 0 Å². The van der Waals surface area contributed by atoms with Gasteiger partial charge in [-0.2, -0.15) is 0 Å². The van der Waals surface area contributed by atoms with Crippen LogP contribution in [0.4, 0.5) is 0 Å². The van der Waals surface area contributed by atoms with Crippen molar-refractivity contribution in [3.05, 3.63) is 0 Å². The summed E-state index contributed by atoms with van der Waals surface area (Å²) in [6.45, 7) is 0.484. The number of hydrogen-bond donors (Lipinski definition) is 1. The van der Waals surface area contributed by atoms with E-state index in [1.54, 1.807) is 0 Å². The lowest BCUT2D eigenvalue weighted by Gasteiger charge is -2.25. The van der Waals surface area contributed by atoms with Crippen molar-refractivity contribution in [3.8, 4) is 0 Å². The molecule has 12 heavy (non-hydrogen) atoms. The van der Waals surface area contributed by atoms with Gasteiger partial charge >= 0.3 is 5.97 Å². The van der Waals surface area contributed by atoms with Crippen molar-refractivity contribution in [1.29, 1.82) is 0 Å². The molecule has 4 nitrogen and oxygen atoms in total. The van der Waals surface area contributed by atoms with Gasteiger partial charge in [-0.15, -0.1) is 0 Å². The molecule has 0 aromatic carbocycles. The molecule has 0 amide bonds. The molecule has 3 atom stereocenters. The Morgan fingerprint density at radius 2 is 2.42 bits per heavy atom. The van der Waals surface area contributed by atoms with Crippen molar-refractivity contribution in [2.75, 3.05) is 13.7 Å². The lowest BCUT2D eigenvalue weighted by molar-refractivity contribution is -0.154. The molecule has 1 saturated carbocycles. The van der Waals surface area contributed by atoms with Gasteiger partial charge in [0.1, 0.15) is 0 Å². The zero-order chi connectivity index (χ0) is 8.77. The van der Waals surface area contributed by atoms with Crippen LogP contribution in [-0.4, -0.2) is 31.8 Å². The molecule has 2 bridgehead atoms. The zero-order valence-electron chi connectivity index (χ0n) is 7.08. The lowest BCUT2D eigenvalue weighted by atomic mass is 9.88. The Morgan fingerprint density at radius 1 is 1.67 bits per heavy atom. The van der Waals surface area contributed by atoms with Gasteiger partial charge in [0.25, 0.3) is 0 Å². The minimum Gasteiger partial charge on any atom is -0.469 e. The second kappa shape index (κ2) is 2.44. The fourth-order valence-corrected chi connectivity index (χ4v) is 2.21. The van der Waals surface area contributed by atoms with Crippen molar-refractivity contribution >= 4 is 5.97 Å². The maximum absolute atomic E-state index is 11.4. The Hall–Kier alpha value is -0.610. The maximum atomic E-state index is 11.4. The summed E-state index contributed by atoms with van der Waals surface area (Å²) in [6.07, 6.45) is 1.52. The molecule has 0 spiro atoms. The Balaban J connectivity index is 2.18. The molecule has 1 saturated heterocycles. The van der Waals surface area contributed by atoms with Gasteiger partial charge in [0, 0.05) is 6.04 Å². The molecule has 2 aliphatic rings. The monoisotopic (exact) mass is 171 g/mol. The first-order valence-electron chi connectivity index (χ1n) is 4.13. The number of rotatable bonds is 1. The van der Waals surface area contributed by atoms with Crippen LogP contribution in [0.5, 0.6) is 0 Å². The zero-order valence-corrected chi connectivity index (χ0v) is 7.08. The van der Waals surface area contributed by atoms with Gasteiger partial charge in [-0.05, 0) is 12.8 Å². The van der Waals surface area contributed by atoms with Gasteiger partial charge in [0.05, 0.1) is 25.2 Å². The molecule has 0 aromatic heterocycles. The molecule has 1 aliphatic heterocycles. The van der Waals surface area contributed by atoms with E-state index in [0.717, 1.165) is 6.42 Å². The highest BCUT2D eigenvalue weighted by molar-refractivity contribution is 5.78. The molecule has 4 heteroatoms. The number of hydrogen-bond acceptors (Lipinski definition) is 4. The van der Waals surface area contributed by atoms with E-state index in [-0.39, 0.29) is 18.1 Å². The molecular weight excluding hydrogens is 158 g/mol. The molecule has 1 aliphatic carbocycles. The van der Waals surface area contributed by atoms with Gasteiger partial charge in [-0.1, -0.05) is 0 Å². The van der Waals surface area contributed by atoms with Crippen molar-refractivity contribution in [3.63, 3.8) is 0 Å². The average Bonchev–Trinajstić information content (AvgIpc) is 2.60. The van der Waals surface area contributed by atoms with Crippen molar-refractivity contribution in [1.82, 2.24) is 0 Å². The second-order valence-corrected chi connectivity index (χ2v) is 3.69. The Labute approximate surface area is 71.0 Å². The number of nitrogens with two attached hydrogens (primary N) is 1. The van der Waals surface area contributed by atoms with Crippen LogP contribution in [0.1, 0.15) is 12.8 Å². The highest BCUT2D eigenvalue weighted by atomic mass is 16.5. The summed E-state index contributed by atoms with van der Waals surface area (Å²) in [6, 6.07) is 0.0119. The first-order chi connectivity index (χ1) is 5.68. The van der Waals surface area contributed by atoms with Crippen molar-refractivity contribution in [2.24, 2.45) is 11.1 Å². The van der Waals surface area contributed by atoms with Crippen LogP contribution in [0, 0.1) is 5.41 Å². The van der Waals surface area contributed by atoms with Crippen LogP contribution < -0.4 is 5.73 Å². The van der Waals surface area contributed by atoms with Gasteiger partial charge < -0.3 is 15.2 Å². The second-order valence-electron chi connectivity index (χ2n) is 3.69. The summed E-state index contributed by atoms with van der Waals surface area (Å²) in [5.41, 5.74) is 5.35. The molecule has 68 valence electrons. The molecule has 1 heterocycles. The maximum Gasteiger partial charge on any atom is 0.314 e. The van der Waals surface area contributed by atoms with E-state index in [9.17, 15) is 4.79 Å². The molecule has 0 radical (unpaired) electrons. The first kappa shape index (κ1) is 8.01. The van der Waals surface area contributed by atoms with Crippen LogP contribution in [0.2, 0.25) is 0 Å². The van der Waals surface area contributed by atoms with Gasteiger partial charge in [0.15, 0.2) is 0 Å². The third-order valence-electron chi connectivity index (χ3n) is 2.89. The minimum atomic E-state index is -0.418. The number of methoxy groups -OCH3 is 1. The van der Waals surface area contributed by atoms with Crippen LogP contribution in [0.3, 0.4) is 0 Å².